The van der Waals surface area contributed by atoms with E-state index in [0.29, 0.717) is 37.4 Å². The number of carbonyl (C=O) groups excluding carboxylic acids is 3. The number of hydrogen-bond acceptors (Lipinski definition) is 7. The minimum atomic E-state index is -0.301. The van der Waals surface area contributed by atoms with Crippen molar-refractivity contribution in [3.05, 3.63) is 46.8 Å². The average Bonchev–Trinajstić information content (AvgIpc) is 3.14. The number of thioether (sulfide) groups is 1. The van der Waals surface area contributed by atoms with Crippen LogP contribution < -0.4 is 0 Å². The van der Waals surface area contributed by atoms with E-state index in [1.54, 1.807) is 24.9 Å². The standard InChI is InChI=1S/C24H31N3O5S/c1-5-31-24(30)18-9-8-12-27(13-18)22(28)14-26(4)23(29)19-10-6-7-11-21(19)33-15-20-16(2)25-32-17(20)3/h6-7,10-11,18H,5,8-9,12-15H2,1-4H3. The van der Waals surface area contributed by atoms with Crippen LogP contribution in [0.25, 0.3) is 0 Å². The fraction of sp³-hybridized carbons (Fsp3) is 0.500. The molecule has 1 atom stereocenters. The van der Waals surface area contributed by atoms with E-state index in [0.717, 1.165) is 28.3 Å². The molecule has 1 aliphatic rings. The number of rotatable bonds is 8. The van der Waals surface area contributed by atoms with Gasteiger partial charge in [-0.15, -0.1) is 11.8 Å². The van der Waals surface area contributed by atoms with Crippen LogP contribution in [0.4, 0.5) is 0 Å². The van der Waals surface area contributed by atoms with Crippen molar-refractivity contribution in [2.24, 2.45) is 5.92 Å². The summed E-state index contributed by atoms with van der Waals surface area (Å²) in [6.07, 6.45) is 1.46. The van der Waals surface area contributed by atoms with Gasteiger partial charge in [-0.1, -0.05) is 17.3 Å². The lowest BCUT2D eigenvalue weighted by Crippen LogP contribution is -2.47. The van der Waals surface area contributed by atoms with E-state index in [1.165, 1.54) is 16.7 Å². The summed E-state index contributed by atoms with van der Waals surface area (Å²) in [4.78, 5) is 42.0. The Morgan fingerprint density at radius 1 is 1.27 bits per heavy atom. The number of benzene rings is 1. The number of hydrogen-bond donors (Lipinski definition) is 0. The topological polar surface area (TPSA) is 93.0 Å². The molecule has 2 aromatic rings. The molecule has 178 valence electrons. The molecule has 1 saturated heterocycles. The van der Waals surface area contributed by atoms with E-state index in [2.05, 4.69) is 5.16 Å². The third kappa shape index (κ3) is 6.16. The quantitative estimate of drug-likeness (QED) is 0.428. The van der Waals surface area contributed by atoms with Crippen LogP contribution in [0.3, 0.4) is 0 Å². The second-order valence-corrected chi connectivity index (χ2v) is 9.20. The Morgan fingerprint density at radius 3 is 2.73 bits per heavy atom. The summed E-state index contributed by atoms with van der Waals surface area (Å²) in [7, 11) is 1.63. The number of aryl methyl sites for hydroxylation is 2. The highest BCUT2D eigenvalue weighted by atomic mass is 32.2. The first-order chi connectivity index (χ1) is 15.8. The van der Waals surface area contributed by atoms with Crippen LogP contribution >= 0.6 is 11.8 Å². The molecule has 8 nitrogen and oxygen atoms in total. The van der Waals surface area contributed by atoms with Gasteiger partial charge in [0.05, 0.1) is 30.3 Å². The van der Waals surface area contributed by atoms with Gasteiger partial charge in [0.1, 0.15) is 5.76 Å². The van der Waals surface area contributed by atoms with Crippen molar-refractivity contribution in [1.29, 1.82) is 0 Å². The number of likely N-dealkylation sites (N-methyl/N-ethyl adjacent to an activating group) is 1. The zero-order valence-corrected chi connectivity index (χ0v) is 20.4. The van der Waals surface area contributed by atoms with Crippen molar-refractivity contribution >= 4 is 29.5 Å². The summed E-state index contributed by atoms with van der Waals surface area (Å²) in [6.45, 7) is 6.75. The normalized spacial score (nSPS) is 15.9. The number of ether oxygens (including phenoxy) is 1. The van der Waals surface area contributed by atoms with Gasteiger partial charge in [-0.3, -0.25) is 14.4 Å². The Hall–Kier alpha value is -2.81. The number of nitrogens with zero attached hydrogens (tertiary/aromatic N) is 3. The summed E-state index contributed by atoms with van der Waals surface area (Å²) in [5, 5.41) is 3.98. The van der Waals surface area contributed by atoms with Gasteiger partial charge < -0.3 is 19.1 Å². The van der Waals surface area contributed by atoms with Crippen molar-refractivity contribution in [2.75, 3.05) is 33.3 Å². The molecule has 0 radical (unpaired) electrons. The van der Waals surface area contributed by atoms with E-state index in [-0.39, 0.29) is 30.2 Å². The van der Waals surface area contributed by atoms with Gasteiger partial charge in [0.2, 0.25) is 5.91 Å². The van der Waals surface area contributed by atoms with E-state index >= 15 is 0 Å². The van der Waals surface area contributed by atoms with E-state index < -0.39 is 0 Å². The Balaban J connectivity index is 1.63. The van der Waals surface area contributed by atoms with Crippen LogP contribution in [0.1, 0.15) is 47.1 Å². The molecule has 2 amide bonds. The molecule has 1 aliphatic heterocycles. The molecule has 1 aromatic heterocycles. The van der Waals surface area contributed by atoms with Gasteiger partial charge >= 0.3 is 5.97 Å². The molecule has 1 aromatic carbocycles. The van der Waals surface area contributed by atoms with Crippen LogP contribution in [0.15, 0.2) is 33.7 Å². The Morgan fingerprint density at radius 2 is 2.03 bits per heavy atom. The number of carbonyl (C=O) groups is 3. The summed E-state index contributed by atoms with van der Waals surface area (Å²) in [6, 6.07) is 7.38. The van der Waals surface area contributed by atoms with Crippen LogP contribution in [0.2, 0.25) is 0 Å². The SMILES string of the molecule is CCOC(=O)C1CCCN(C(=O)CN(C)C(=O)c2ccccc2SCc2c(C)noc2C)C1. The molecule has 3 rings (SSSR count). The first-order valence-electron chi connectivity index (χ1n) is 11.1. The maximum atomic E-state index is 13.2. The fourth-order valence-corrected chi connectivity index (χ4v) is 5.06. The zero-order chi connectivity index (χ0) is 24.0. The molecular weight excluding hydrogens is 442 g/mol. The summed E-state index contributed by atoms with van der Waals surface area (Å²) in [5.74, 6) is 0.463. The third-order valence-corrected chi connectivity index (χ3v) is 6.88. The average molecular weight is 474 g/mol. The lowest BCUT2D eigenvalue weighted by atomic mass is 9.98. The maximum Gasteiger partial charge on any atom is 0.310 e. The highest BCUT2D eigenvalue weighted by molar-refractivity contribution is 7.98. The van der Waals surface area contributed by atoms with Gasteiger partial charge in [-0.2, -0.15) is 0 Å². The van der Waals surface area contributed by atoms with Crippen LogP contribution in [0, 0.1) is 19.8 Å². The Labute approximate surface area is 198 Å². The minimum absolute atomic E-state index is 0.0444. The summed E-state index contributed by atoms with van der Waals surface area (Å²) < 4.78 is 10.3. The smallest absolute Gasteiger partial charge is 0.310 e. The van der Waals surface area contributed by atoms with Gasteiger partial charge in [0.25, 0.3) is 5.91 Å². The third-order valence-electron chi connectivity index (χ3n) is 5.78. The number of amides is 2. The predicted octanol–water partition coefficient (Wildman–Crippen LogP) is 3.46. The molecule has 0 aliphatic carbocycles. The van der Waals surface area contributed by atoms with E-state index in [1.807, 2.05) is 32.0 Å². The molecule has 9 heteroatoms. The molecule has 2 heterocycles. The van der Waals surface area contributed by atoms with E-state index in [4.69, 9.17) is 9.26 Å². The van der Waals surface area contributed by atoms with Crippen LogP contribution in [-0.4, -0.2) is 66.0 Å². The molecule has 0 bridgehead atoms. The largest absolute Gasteiger partial charge is 0.466 e. The highest BCUT2D eigenvalue weighted by Crippen LogP contribution is 2.29. The van der Waals surface area contributed by atoms with Crippen molar-refractivity contribution in [1.82, 2.24) is 15.0 Å². The maximum absolute atomic E-state index is 13.2. The second-order valence-electron chi connectivity index (χ2n) is 8.18. The van der Waals surface area contributed by atoms with Crippen molar-refractivity contribution in [2.45, 2.75) is 44.3 Å². The summed E-state index contributed by atoms with van der Waals surface area (Å²) >= 11 is 1.54. The molecule has 0 N–H and O–H groups in total. The molecular formula is C24H31N3O5S. The van der Waals surface area contributed by atoms with E-state index in [9.17, 15) is 14.4 Å². The number of aromatic nitrogens is 1. The minimum Gasteiger partial charge on any atom is -0.466 e. The van der Waals surface area contributed by atoms with Crippen molar-refractivity contribution in [3.8, 4) is 0 Å². The monoisotopic (exact) mass is 473 g/mol. The molecule has 0 saturated carbocycles. The molecule has 33 heavy (non-hydrogen) atoms. The van der Waals surface area contributed by atoms with Crippen molar-refractivity contribution < 1.29 is 23.6 Å². The van der Waals surface area contributed by atoms with Crippen LogP contribution in [-0.2, 0) is 20.1 Å². The first-order valence-corrected chi connectivity index (χ1v) is 12.1. The predicted molar refractivity (Wildman–Crippen MR) is 125 cm³/mol. The van der Waals surface area contributed by atoms with Gasteiger partial charge in [-0.05, 0) is 45.7 Å². The lowest BCUT2D eigenvalue weighted by Gasteiger charge is -2.32. The molecule has 1 fully saturated rings. The lowest BCUT2D eigenvalue weighted by molar-refractivity contribution is -0.151. The Bertz CT molecular complexity index is 986. The summed E-state index contributed by atoms with van der Waals surface area (Å²) in [5.41, 5.74) is 2.41. The highest BCUT2D eigenvalue weighted by Gasteiger charge is 2.30. The number of esters is 1. The van der Waals surface area contributed by atoms with Crippen LogP contribution in [0.5, 0.6) is 0 Å². The number of likely N-dealkylation sites (tertiary alicyclic amines) is 1. The van der Waals surface area contributed by atoms with Crippen molar-refractivity contribution in [3.63, 3.8) is 0 Å². The fourth-order valence-electron chi connectivity index (χ4n) is 3.86. The van der Waals surface area contributed by atoms with Gasteiger partial charge in [-0.25, -0.2) is 0 Å². The molecule has 1 unspecified atom stereocenters. The Kier molecular flexibility index (Phi) is 8.55. The molecule has 0 spiro atoms. The second kappa shape index (κ2) is 11.4. The zero-order valence-electron chi connectivity index (χ0n) is 19.6. The first kappa shape index (κ1) is 24.8. The number of piperidine rings is 1. The van der Waals surface area contributed by atoms with Gasteiger partial charge in [0.15, 0.2) is 0 Å². The van der Waals surface area contributed by atoms with Gasteiger partial charge in [0, 0.05) is 36.3 Å².